The van der Waals surface area contributed by atoms with Crippen molar-refractivity contribution in [1.29, 1.82) is 0 Å². The predicted octanol–water partition coefficient (Wildman–Crippen LogP) is 16.1. The molecule has 4 aliphatic heterocycles. The van der Waals surface area contributed by atoms with E-state index in [1.165, 1.54) is 0 Å². The highest BCUT2D eigenvalue weighted by molar-refractivity contribution is 6.68. The second-order valence-electron chi connectivity index (χ2n) is 26.8. The van der Waals surface area contributed by atoms with Crippen molar-refractivity contribution in [2.75, 3.05) is 33.0 Å². The summed E-state index contributed by atoms with van der Waals surface area (Å²) >= 11 is 37.6. The molecule has 0 bridgehead atoms. The van der Waals surface area contributed by atoms with Gasteiger partial charge in [0, 0.05) is 5.56 Å². The summed E-state index contributed by atoms with van der Waals surface area (Å²) in [7, 11) is 0. The molecule has 580 valence electrons. The van der Waals surface area contributed by atoms with Gasteiger partial charge in [0.1, 0.15) is 86.3 Å². The molecule has 4 saturated heterocycles. The van der Waals surface area contributed by atoms with Crippen LogP contribution in [-0.4, -0.2) is 145 Å². The lowest BCUT2D eigenvalue weighted by atomic mass is 9.93. The molecular weight excluding hydrogens is 1540 g/mol. The average Bonchev–Trinajstić information content (AvgIpc) is 0.756. The molecule has 4 fully saturated rings. The van der Waals surface area contributed by atoms with Gasteiger partial charge in [-0.2, -0.15) is 0 Å². The van der Waals surface area contributed by atoms with E-state index >= 15 is 0 Å². The molecule has 0 spiro atoms. The number of halogens is 6. The maximum absolute atomic E-state index is 15.0. The molecule has 0 saturated carbocycles. The number of amides is 2. The smallest absolute Gasteiger partial charge is 0.407 e. The highest BCUT2D eigenvalue weighted by Crippen LogP contribution is 2.42. The van der Waals surface area contributed by atoms with Gasteiger partial charge in [0.25, 0.3) is 0 Å². The third kappa shape index (κ3) is 23.6. The van der Waals surface area contributed by atoms with Gasteiger partial charge < -0.3 is 86.4 Å². The molecule has 4 aliphatic rings. The summed E-state index contributed by atoms with van der Waals surface area (Å²) in [6, 6.07) is 77.9. The van der Waals surface area contributed by atoms with Crippen molar-refractivity contribution in [2.45, 2.75) is 152 Å². The summed E-state index contributed by atoms with van der Waals surface area (Å²) in [4.78, 5) is 29.4. The van der Waals surface area contributed by atoms with Crippen LogP contribution in [0.5, 0.6) is 0 Å². The van der Waals surface area contributed by atoms with Crippen LogP contribution in [0, 0.1) is 0 Å². The van der Waals surface area contributed by atoms with Crippen LogP contribution in [0.25, 0.3) is 10.8 Å². The fourth-order valence-corrected chi connectivity index (χ4v) is 13.8. The largest absolute Gasteiger partial charge is 0.445 e. The topological polar surface area (TPSA) is 206 Å². The normalized spacial score (nSPS) is 25.6. The summed E-state index contributed by atoms with van der Waals surface area (Å²) in [5.74, 6) is 0. The van der Waals surface area contributed by atoms with Crippen LogP contribution in [0.2, 0.25) is 0 Å². The lowest BCUT2D eigenvalue weighted by molar-refractivity contribution is -0.395. The van der Waals surface area contributed by atoms with Gasteiger partial charge in [-0.3, -0.25) is 0 Å². The number of alkyl carbamates (subject to hydrolysis) is 2. The highest BCUT2D eigenvalue weighted by Gasteiger charge is 2.58. The third-order valence-corrected chi connectivity index (χ3v) is 19.3. The first-order valence-corrected chi connectivity index (χ1v) is 38.4. The molecule has 2 amide bonds. The Kier molecular flexibility index (Phi) is 29.5. The van der Waals surface area contributed by atoms with E-state index in [1.807, 2.05) is 231 Å². The first-order valence-electron chi connectivity index (χ1n) is 36.1. The van der Waals surface area contributed by atoms with Gasteiger partial charge >= 0.3 is 12.2 Å². The predicted molar refractivity (Wildman–Crippen MR) is 414 cm³/mol. The van der Waals surface area contributed by atoms with E-state index in [2.05, 4.69) is 34.9 Å². The number of benzene rings is 9. The molecule has 4 heterocycles. The summed E-state index contributed by atoms with van der Waals surface area (Å²) in [6.07, 6.45) is -19.0. The molecular formula is C84H84Cl6N2O18. The van der Waals surface area contributed by atoms with Crippen LogP contribution < -0.4 is 10.6 Å². The van der Waals surface area contributed by atoms with Crippen LogP contribution >= 0.6 is 69.6 Å². The van der Waals surface area contributed by atoms with Gasteiger partial charge in [0.2, 0.25) is 7.59 Å². The number of carbonyl (C=O) groups is 2. The molecule has 26 heteroatoms. The maximum Gasteiger partial charge on any atom is 0.407 e. The molecule has 0 radical (unpaired) electrons. The maximum atomic E-state index is 15.0. The molecule has 110 heavy (non-hydrogen) atoms. The molecule has 9 aromatic carbocycles. The molecule has 13 rings (SSSR count). The molecule has 0 unspecified atom stereocenters. The number of hydrogen-bond acceptors (Lipinski definition) is 18. The summed E-state index contributed by atoms with van der Waals surface area (Å²) < 4.78 is 107. The Labute approximate surface area is 668 Å². The zero-order valence-corrected chi connectivity index (χ0v) is 64.1. The Bertz CT molecular complexity index is 4250. The first-order chi connectivity index (χ1) is 53.6. The fraction of sp³-hybridized carbons (Fsp3) is 0.357. The van der Waals surface area contributed by atoms with E-state index in [4.69, 9.17) is 145 Å². The second-order valence-corrected chi connectivity index (χ2v) is 31.8. The second kappa shape index (κ2) is 40.1. The molecule has 2 N–H and O–H groups in total. The quantitative estimate of drug-likeness (QED) is 0.0376. The van der Waals surface area contributed by atoms with Gasteiger partial charge in [-0.05, 0) is 55.8 Å². The van der Waals surface area contributed by atoms with Crippen LogP contribution in [-0.2, 0) is 122 Å². The molecule has 9 aromatic rings. The minimum Gasteiger partial charge on any atom is -0.445 e. The minimum absolute atomic E-state index is 0.0161. The number of rotatable bonds is 32. The lowest BCUT2D eigenvalue weighted by Crippen LogP contribution is -2.71. The highest BCUT2D eigenvalue weighted by atomic mass is 35.6. The Hall–Kier alpha value is -7.04. The van der Waals surface area contributed by atoms with E-state index in [0.717, 1.165) is 55.3 Å². The minimum atomic E-state index is -2.07. The third-order valence-electron chi connectivity index (χ3n) is 18.7. The molecule has 0 aromatic heterocycles. The van der Waals surface area contributed by atoms with Gasteiger partial charge in [-0.1, -0.05) is 318 Å². The molecule has 20 nitrogen and oxygen atoms in total. The van der Waals surface area contributed by atoms with E-state index in [9.17, 15) is 9.59 Å². The number of nitrogens with one attached hydrogen (secondary N) is 2. The summed E-state index contributed by atoms with van der Waals surface area (Å²) in [5, 5.41) is 8.02. The van der Waals surface area contributed by atoms with E-state index in [0.29, 0.717) is 0 Å². The zero-order valence-electron chi connectivity index (χ0n) is 59.6. The van der Waals surface area contributed by atoms with Crippen molar-refractivity contribution in [2.24, 2.45) is 0 Å². The Morgan fingerprint density at radius 1 is 0.364 bits per heavy atom. The van der Waals surface area contributed by atoms with Gasteiger partial charge in [-0.15, -0.1) is 0 Å². The number of alkyl halides is 6. The van der Waals surface area contributed by atoms with Gasteiger partial charge in [0.05, 0.1) is 66.1 Å². The van der Waals surface area contributed by atoms with Crippen LogP contribution in [0.3, 0.4) is 0 Å². The van der Waals surface area contributed by atoms with Crippen LogP contribution in [0.15, 0.2) is 255 Å². The van der Waals surface area contributed by atoms with Crippen molar-refractivity contribution in [3.8, 4) is 0 Å². The van der Waals surface area contributed by atoms with Gasteiger partial charge in [-0.25, -0.2) is 9.59 Å². The number of carbonyl (C=O) groups excluding carboxylic acids is 2. The van der Waals surface area contributed by atoms with E-state index in [1.54, 1.807) is 0 Å². The van der Waals surface area contributed by atoms with Crippen molar-refractivity contribution in [3.05, 3.63) is 299 Å². The fourth-order valence-electron chi connectivity index (χ4n) is 13.4. The van der Waals surface area contributed by atoms with Crippen molar-refractivity contribution < 1.29 is 85.4 Å². The lowest BCUT2D eigenvalue weighted by Gasteiger charge is -2.52. The first kappa shape index (κ1) is 81.0. The number of hydrogen-bond donors (Lipinski definition) is 2. The number of ether oxygens (including phenoxy) is 16. The van der Waals surface area contributed by atoms with Crippen molar-refractivity contribution in [1.82, 2.24) is 10.6 Å². The van der Waals surface area contributed by atoms with Crippen molar-refractivity contribution in [3.63, 3.8) is 0 Å². The Morgan fingerprint density at radius 3 is 1.22 bits per heavy atom. The molecule has 0 aliphatic carbocycles. The summed E-state index contributed by atoms with van der Waals surface area (Å²) in [6.45, 7) is -1.60. The SMILES string of the molecule is O=C(N[C@H]1[C@H](OCc2ccccc2)O[C@H](COCc2ccccc2)[C@@H](O[C@@H]2O[C@H](COCc3ccccc3)[C@@H](O[C@@H]3O[C@@H]4CO[C@@H](c5ccccc5)O[C@H]4[C@H](OCc4ccc5ccccc5c4)[C@@H]3OCc3ccccc3)[C@H](OCc3ccccc3)[C@H]2NC(=O)OCC(Cl)(Cl)Cl)[C@@H]1OCc1ccccc1)OCC(Cl)(Cl)Cl. The van der Waals surface area contributed by atoms with Crippen LogP contribution in [0.4, 0.5) is 9.59 Å². The van der Waals surface area contributed by atoms with E-state index < -0.39 is 131 Å². The number of fused-ring (bicyclic) bond motifs is 2. The van der Waals surface area contributed by atoms with Crippen LogP contribution in [0.1, 0.15) is 50.8 Å². The molecule has 16 atom stereocenters. The summed E-state index contributed by atoms with van der Waals surface area (Å²) in [5.41, 5.74) is 6.39. The standard InChI is InChI=1S/C84H84Cl6N2O18/c85-83(86,87)53-103-81(93)91-68-73(97-45-57-28-12-3-13-29-57)70(65(50-95-43-55-24-8-1-9-25-55)105-78(68)101-48-60-34-18-6-19-35-60)109-79-69(92-82(94)104-54-84(88,89)90)74(98-46-58-30-14-4-15-31-58)71(66(106-79)51-96-44-56-26-10-2-11-27-56)110-80-76(100-47-59-32-16-5-17-33-59)75(99-49-61-40-41-62-36-22-23-39-64(62)42-61)72-67(107-80)52-102-77(108-72)63-37-20-7-21-38-63/h1-42,65-80H,43-54H2,(H,91,93)(H,92,94)/t65-,66-,67-,68-,69-,70-,71-,72-,73-,74-,75+,76+,77-,78-,79+,80+/m1/s1. The Balaban J connectivity index is 0.938. The average molecular weight is 1620 g/mol. The zero-order chi connectivity index (χ0) is 76.1. The van der Waals surface area contributed by atoms with Gasteiger partial charge in [0.15, 0.2) is 25.2 Å². The van der Waals surface area contributed by atoms with Crippen molar-refractivity contribution >= 4 is 92.6 Å². The monoisotopic (exact) mass is 1620 g/mol. The Morgan fingerprint density at radius 2 is 0.745 bits per heavy atom. The van der Waals surface area contributed by atoms with E-state index in [-0.39, 0.29) is 66.1 Å².